The first-order valence-electron chi connectivity index (χ1n) is 5.13. The van der Waals surface area contributed by atoms with Crippen LogP contribution in [0.1, 0.15) is 53.4 Å². The molecule has 0 spiro atoms. The van der Waals surface area contributed by atoms with Crippen molar-refractivity contribution >= 4 is 0 Å². The van der Waals surface area contributed by atoms with Crippen molar-refractivity contribution in [1.29, 1.82) is 0 Å². The first-order valence-corrected chi connectivity index (χ1v) is 5.13. The summed E-state index contributed by atoms with van der Waals surface area (Å²) in [5.41, 5.74) is 0. The van der Waals surface area contributed by atoms with Gasteiger partial charge in [0, 0.05) is 0 Å². The van der Waals surface area contributed by atoms with E-state index in [9.17, 15) is 0 Å². The van der Waals surface area contributed by atoms with E-state index in [1.807, 2.05) is 0 Å². The van der Waals surface area contributed by atoms with Gasteiger partial charge in [0.2, 0.25) is 0 Å². The Balaban J connectivity index is -0.0000000370. The van der Waals surface area contributed by atoms with Gasteiger partial charge in [-0.25, -0.2) is 0 Å². The SMILES string of the molecule is [CH2-]CCC(C)C.[CH2-]CCC(C)C.[Hf+4].[OH-].[OH-]. The van der Waals surface area contributed by atoms with Crippen LogP contribution in [0.4, 0.5) is 0 Å². The second kappa shape index (κ2) is 24.2. The van der Waals surface area contributed by atoms with Gasteiger partial charge in [-0.2, -0.15) is 12.8 Å². The number of hydrogen-bond donors (Lipinski definition) is 0. The third-order valence-electron chi connectivity index (χ3n) is 1.56. The van der Waals surface area contributed by atoms with E-state index < -0.39 is 0 Å². The summed E-state index contributed by atoms with van der Waals surface area (Å²) in [5.74, 6) is 1.67. The van der Waals surface area contributed by atoms with Gasteiger partial charge in [-0.1, -0.05) is 40.5 Å². The molecule has 0 heterocycles. The molecule has 0 bridgehead atoms. The van der Waals surface area contributed by atoms with Crippen LogP contribution in [-0.4, -0.2) is 11.0 Å². The summed E-state index contributed by atoms with van der Waals surface area (Å²) in [5, 5.41) is 0. The van der Waals surface area contributed by atoms with Crippen molar-refractivity contribution < 1.29 is 36.8 Å². The van der Waals surface area contributed by atoms with Crippen molar-refractivity contribution in [2.45, 2.75) is 53.4 Å². The maximum absolute atomic E-state index is 3.73. The van der Waals surface area contributed by atoms with Gasteiger partial charge in [0.15, 0.2) is 0 Å². The summed E-state index contributed by atoms with van der Waals surface area (Å²) >= 11 is 0. The van der Waals surface area contributed by atoms with E-state index in [4.69, 9.17) is 0 Å². The maximum atomic E-state index is 3.73. The van der Waals surface area contributed by atoms with Crippen LogP contribution in [0, 0.1) is 25.7 Å². The molecule has 0 saturated carbocycles. The second-order valence-corrected chi connectivity index (χ2v) is 4.07. The summed E-state index contributed by atoms with van der Waals surface area (Å²) in [6, 6.07) is 0. The molecule has 0 radical (unpaired) electrons. The molecule has 92 valence electrons. The largest absolute Gasteiger partial charge is 4.00 e. The predicted octanol–water partition coefficient (Wildman–Crippen LogP) is 4.16. The number of hydrogen-bond acceptors (Lipinski definition) is 2. The molecule has 0 fully saturated rings. The molecule has 0 amide bonds. The van der Waals surface area contributed by atoms with Gasteiger partial charge >= 0.3 is 25.8 Å². The van der Waals surface area contributed by atoms with E-state index >= 15 is 0 Å². The van der Waals surface area contributed by atoms with Crippen LogP contribution in [0.2, 0.25) is 0 Å². The molecular formula is C12H28HfO2. The molecule has 0 atom stereocenters. The zero-order valence-corrected chi connectivity index (χ0v) is 14.4. The van der Waals surface area contributed by atoms with Crippen molar-refractivity contribution in [1.82, 2.24) is 0 Å². The van der Waals surface area contributed by atoms with E-state index in [0.29, 0.717) is 0 Å². The van der Waals surface area contributed by atoms with Crippen LogP contribution in [-0.2, 0) is 25.8 Å². The average molecular weight is 383 g/mol. The molecule has 0 aromatic rings. The Kier molecular flexibility index (Phi) is 47.8. The zero-order valence-electron chi connectivity index (χ0n) is 10.8. The van der Waals surface area contributed by atoms with Crippen LogP contribution < -0.4 is 0 Å². The third kappa shape index (κ3) is 52.5. The first kappa shape index (κ1) is 29.7. The minimum absolute atomic E-state index is 0. The molecule has 3 heteroatoms. The fraction of sp³-hybridized carbons (Fsp3) is 0.833. The summed E-state index contributed by atoms with van der Waals surface area (Å²) < 4.78 is 0. The van der Waals surface area contributed by atoms with Gasteiger partial charge < -0.3 is 24.8 Å². The van der Waals surface area contributed by atoms with E-state index in [2.05, 4.69) is 41.5 Å². The monoisotopic (exact) mass is 384 g/mol. The Morgan fingerprint density at radius 2 is 0.933 bits per heavy atom. The van der Waals surface area contributed by atoms with Crippen molar-refractivity contribution in [2.75, 3.05) is 0 Å². The van der Waals surface area contributed by atoms with E-state index in [1.165, 1.54) is 12.8 Å². The third-order valence-corrected chi connectivity index (χ3v) is 1.56. The smallest absolute Gasteiger partial charge is 0.870 e. The Labute approximate surface area is 116 Å². The molecule has 0 aromatic heterocycles. The molecular weight excluding hydrogens is 355 g/mol. The van der Waals surface area contributed by atoms with Crippen molar-refractivity contribution in [3.8, 4) is 0 Å². The van der Waals surface area contributed by atoms with E-state index in [0.717, 1.165) is 24.7 Å². The molecule has 0 rings (SSSR count). The van der Waals surface area contributed by atoms with Gasteiger partial charge in [-0.15, -0.1) is 0 Å². The van der Waals surface area contributed by atoms with E-state index in [1.54, 1.807) is 0 Å². The Morgan fingerprint density at radius 1 is 0.733 bits per heavy atom. The molecule has 2 N–H and O–H groups in total. The normalized spacial score (nSPS) is 8.00. The zero-order chi connectivity index (χ0) is 9.98. The fourth-order valence-corrected chi connectivity index (χ4v) is 0.816. The molecule has 0 saturated heterocycles. The molecule has 0 aromatic carbocycles. The van der Waals surface area contributed by atoms with Crippen molar-refractivity contribution in [3.63, 3.8) is 0 Å². The Hall–Kier alpha value is 0.790. The van der Waals surface area contributed by atoms with Crippen LogP contribution in [0.25, 0.3) is 0 Å². The Bertz CT molecular complexity index is 66.0. The molecule has 15 heavy (non-hydrogen) atoms. The summed E-state index contributed by atoms with van der Waals surface area (Å²) in [4.78, 5) is 0. The van der Waals surface area contributed by atoms with Gasteiger partial charge in [0.1, 0.15) is 0 Å². The van der Waals surface area contributed by atoms with Crippen LogP contribution in [0.15, 0.2) is 0 Å². The van der Waals surface area contributed by atoms with Gasteiger partial charge in [0.05, 0.1) is 0 Å². The molecule has 0 aliphatic carbocycles. The second-order valence-electron chi connectivity index (χ2n) is 4.07. The van der Waals surface area contributed by atoms with E-state index in [-0.39, 0.29) is 36.8 Å². The number of rotatable bonds is 4. The van der Waals surface area contributed by atoms with Gasteiger partial charge in [0.25, 0.3) is 0 Å². The summed E-state index contributed by atoms with van der Waals surface area (Å²) in [6.45, 7) is 16.3. The maximum Gasteiger partial charge on any atom is 4.00 e. The van der Waals surface area contributed by atoms with Gasteiger partial charge in [-0.3, -0.25) is 0 Å². The topological polar surface area (TPSA) is 60.0 Å². The average Bonchev–Trinajstić information content (AvgIpc) is 1.87. The standard InChI is InChI=1S/2C6H13.Hf.2H2O/c2*1-4-5-6(2)3;;;/h2*6H,1,4-5H2,2-3H3;;2*1H2/q2*-1;+4;;/p-2. The molecule has 0 aliphatic rings. The quantitative estimate of drug-likeness (QED) is 0.541. The van der Waals surface area contributed by atoms with Crippen LogP contribution in [0.5, 0.6) is 0 Å². The predicted molar refractivity (Wildman–Crippen MR) is 62.7 cm³/mol. The minimum Gasteiger partial charge on any atom is -0.870 e. The van der Waals surface area contributed by atoms with Crippen molar-refractivity contribution in [2.24, 2.45) is 11.8 Å². The Morgan fingerprint density at radius 3 is 0.933 bits per heavy atom. The minimum atomic E-state index is 0. The fourth-order valence-electron chi connectivity index (χ4n) is 0.816. The molecule has 0 unspecified atom stereocenters. The molecule has 2 nitrogen and oxygen atoms in total. The van der Waals surface area contributed by atoms with Crippen molar-refractivity contribution in [3.05, 3.63) is 13.8 Å². The first-order chi connectivity index (χ1) is 5.54. The van der Waals surface area contributed by atoms with Gasteiger partial charge in [-0.05, 0) is 11.8 Å². The van der Waals surface area contributed by atoms with Crippen LogP contribution >= 0.6 is 0 Å². The van der Waals surface area contributed by atoms with Crippen LogP contribution in [0.3, 0.4) is 0 Å². The summed E-state index contributed by atoms with van der Waals surface area (Å²) in [6.07, 6.45) is 4.69. The molecule has 0 aliphatic heterocycles. The summed E-state index contributed by atoms with van der Waals surface area (Å²) in [7, 11) is 0.